The zero-order chi connectivity index (χ0) is 22.4. The molecule has 0 aliphatic rings. The number of benzene rings is 2. The van der Waals surface area contributed by atoms with Gasteiger partial charge in [-0.3, -0.25) is 10.2 Å². The Kier molecular flexibility index (Phi) is 6.58. The van der Waals surface area contributed by atoms with Gasteiger partial charge in [0.15, 0.2) is 5.60 Å². The number of hydrogen-bond acceptors (Lipinski definition) is 6. The number of nitrogens with zero attached hydrogens (tertiary/aromatic N) is 2. The van der Waals surface area contributed by atoms with Crippen LogP contribution in [0.2, 0.25) is 0 Å². The fourth-order valence-electron chi connectivity index (χ4n) is 2.90. The first-order valence-electron chi connectivity index (χ1n) is 9.45. The molecule has 9 heteroatoms. The summed E-state index contributed by atoms with van der Waals surface area (Å²) in [5.74, 6) is -2.03. The predicted octanol–water partition coefficient (Wildman–Crippen LogP) is 1.42. The molecular weight excluding hydrogens is 400 g/mol. The monoisotopic (exact) mass is 422 g/mol. The Morgan fingerprint density at radius 3 is 2.32 bits per heavy atom. The molecule has 1 aromatic heterocycles. The Morgan fingerprint density at radius 2 is 1.74 bits per heavy atom. The number of rotatable bonds is 8. The quantitative estimate of drug-likeness (QED) is 0.403. The molecule has 0 bridgehead atoms. The molecule has 1 unspecified atom stereocenters. The molecule has 0 radical (unpaired) electrons. The van der Waals surface area contributed by atoms with Gasteiger partial charge in [0.2, 0.25) is 0 Å². The van der Waals surface area contributed by atoms with Crippen molar-refractivity contribution in [2.45, 2.75) is 19.1 Å². The van der Waals surface area contributed by atoms with Crippen LogP contribution in [0.4, 0.5) is 0 Å². The summed E-state index contributed by atoms with van der Waals surface area (Å²) in [6, 6.07) is 17.4. The molecule has 4 N–H and O–H groups in total. The second kappa shape index (κ2) is 9.33. The third-order valence-electron chi connectivity index (χ3n) is 4.59. The fraction of sp³-hybridized carbons (Fsp3) is 0.182. The van der Waals surface area contributed by atoms with Crippen LogP contribution in [0.1, 0.15) is 22.8 Å². The van der Waals surface area contributed by atoms with Crippen LogP contribution in [0.15, 0.2) is 71.8 Å². The number of aliphatic carboxylic acids is 1. The van der Waals surface area contributed by atoms with Crippen molar-refractivity contribution in [1.29, 1.82) is 0 Å². The molecule has 1 heterocycles. The maximum absolute atomic E-state index is 12.5. The first kappa shape index (κ1) is 21.9. The van der Waals surface area contributed by atoms with Gasteiger partial charge in [-0.1, -0.05) is 54.6 Å². The normalized spacial score (nSPS) is 12.9. The lowest BCUT2D eigenvalue weighted by molar-refractivity contribution is -0.159. The van der Waals surface area contributed by atoms with Gasteiger partial charge in [0.1, 0.15) is 0 Å². The Balaban J connectivity index is 1.78. The Hall–Kier alpha value is -3.82. The number of amides is 1. The van der Waals surface area contributed by atoms with Crippen LogP contribution < -0.4 is 11.1 Å². The highest BCUT2D eigenvalue weighted by atomic mass is 16.4. The van der Waals surface area contributed by atoms with E-state index in [1.54, 1.807) is 0 Å². The van der Waals surface area contributed by atoms with Gasteiger partial charge in [-0.2, -0.15) is 0 Å². The van der Waals surface area contributed by atoms with E-state index in [4.69, 9.17) is 0 Å². The number of H-pyrrole nitrogens is 1. The number of nitrogens with one attached hydrogen (secondary N) is 2. The second-order valence-corrected chi connectivity index (χ2v) is 7.25. The molecule has 9 nitrogen and oxygen atoms in total. The number of hydrogen-bond donors (Lipinski definition) is 4. The van der Waals surface area contributed by atoms with E-state index in [1.807, 2.05) is 54.6 Å². The summed E-state index contributed by atoms with van der Waals surface area (Å²) in [7, 11) is 0. The molecule has 0 fully saturated rings. The van der Waals surface area contributed by atoms with Crippen molar-refractivity contribution in [2.75, 3.05) is 6.54 Å². The fourth-order valence-corrected chi connectivity index (χ4v) is 2.90. The summed E-state index contributed by atoms with van der Waals surface area (Å²) in [6.07, 6.45) is 2.31. The van der Waals surface area contributed by atoms with Gasteiger partial charge in [0.25, 0.3) is 5.91 Å². The number of aromatic amines is 1. The maximum Gasteiger partial charge on any atom is 0.344 e. The lowest BCUT2D eigenvalue weighted by atomic mass is 10.0. The van der Waals surface area contributed by atoms with Crippen molar-refractivity contribution in [1.82, 2.24) is 20.4 Å². The van der Waals surface area contributed by atoms with Crippen LogP contribution in [0, 0.1) is 0 Å². The zero-order valence-corrected chi connectivity index (χ0v) is 16.8. The first-order chi connectivity index (χ1) is 14.7. The van der Waals surface area contributed by atoms with Crippen LogP contribution in [0.5, 0.6) is 0 Å². The van der Waals surface area contributed by atoms with E-state index in [0.29, 0.717) is 0 Å². The van der Waals surface area contributed by atoms with E-state index in [2.05, 4.69) is 15.4 Å². The Morgan fingerprint density at radius 1 is 1.10 bits per heavy atom. The molecule has 0 saturated heterocycles. The minimum absolute atomic E-state index is 0.0824. The smallest absolute Gasteiger partial charge is 0.344 e. The molecule has 31 heavy (non-hydrogen) atoms. The highest BCUT2D eigenvalue weighted by Crippen LogP contribution is 2.20. The molecule has 2 aromatic carbocycles. The van der Waals surface area contributed by atoms with E-state index in [-0.39, 0.29) is 18.7 Å². The van der Waals surface area contributed by atoms with Gasteiger partial charge < -0.3 is 15.2 Å². The third kappa shape index (κ3) is 5.84. The summed E-state index contributed by atoms with van der Waals surface area (Å²) >= 11 is 0. The standard InChI is InChI=1S/C22H22N4O5/c1-22(31,20(28)29)14-26(25-19(27)18-11-23-21(30)24-12-18)13-15-7-9-17(10-8-15)16-5-3-2-4-6-16/h2-12,31H,13-14H2,1H3,(H,25,27)(H,28,29)(H,23,24,30). The number of carbonyl (C=O) groups is 2. The number of hydrazine groups is 1. The van der Waals surface area contributed by atoms with Crippen LogP contribution in [0.3, 0.4) is 0 Å². The lowest BCUT2D eigenvalue weighted by Crippen LogP contribution is -2.52. The largest absolute Gasteiger partial charge is 0.479 e. The summed E-state index contributed by atoms with van der Waals surface area (Å²) in [5, 5.41) is 20.8. The predicted molar refractivity (Wildman–Crippen MR) is 113 cm³/mol. The molecule has 160 valence electrons. The van der Waals surface area contributed by atoms with Crippen molar-refractivity contribution in [2.24, 2.45) is 0 Å². The van der Waals surface area contributed by atoms with Gasteiger partial charge in [-0.15, -0.1) is 0 Å². The zero-order valence-electron chi connectivity index (χ0n) is 16.8. The van der Waals surface area contributed by atoms with Gasteiger partial charge in [0, 0.05) is 18.9 Å². The van der Waals surface area contributed by atoms with E-state index < -0.39 is 23.2 Å². The van der Waals surface area contributed by atoms with Crippen molar-refractivity contribution >= 4 is 11.9 Å². The lowest BCUT2D eigenvalue weighted by Gasteiger charge is -2.29. The second-order valence-electron chi connectivity index (χ2n) is 7.25. The Bertz CT molecular complexity index is 1090. The number of carbonyl (C=O) groups excluding carboxylic acids is 1. The molecular formula is C22H22N4O5. The number of carboxylic acids is 1. The van der Waals surface area contributed by atoms with Crippen molar-refractivity contribution in [3.8, 4) is 11.1 Å². The van der Waals surface area contributed by atoms with Crippen molar-refractivity contribution in [3.63, 3.8) is 0 Å². The van der Waals surface area contributed by atoms with E-state index >= 15 is 0 Å². The van der Waals surface area contributed by atoms with Crippen molar-refractivity contribution in [3.05, 3.63) is 88.6 Å². The summed E-state index contributed by atoms with van der Waals surface area (Å²) < 4.78 is 0. The topological polar surface area (TPSA) is 136 Å². The van der Waals surface area contributed by atoms with Crippen molar-refractivity contribution < 1.29 is 19.8 Å². The molecule has 0 saturated carbocycles. The maximum atomic E-state index is 12.5. The molecule has 3 aromatic rings. The third-order valence-corrected chi connectivity index (χ3v) is 4.59. The minimum atomic E-state index is -2.10. The molecule has 1 atom stereocenters. The molecule has 1 amide bonds. The highest BCUT2D eigenvalue weighted by Gasteiger charge is 2.33. The molecule has 0 aliphatic carbocycles. The van der Waals surface area contributed by atoms with E-state index in [0.717, 1.165) is 29.8 Å². The number of aromatic nitrogens is 2. The average molecular weight is 422 g/mol. The first-order valence-corrected chi connectivity index (χ1v) is 9.45. The molecule has 3 rings (SSSR count). The van der Waals surface area contributed by atoms with E-state index in [9.17, 15) is 24.6 Å². The van der Waals surface area contributed by atoms with Crippen LogP contribution in [-0.4, -0.2) is 49.2 Å². The number of carboxylic acid groups (broad SMARTS) is 1. The van der Waals surface area contributed by atoms with E-state index in [1.165, 1.54) is 11.2 Å². The minimum Gasteiger partial charge on any atom is -0.479 e. The molecule has 0 aliphatic heterocycles. The van der Waals surface area contributed by atoms with Gasteiger partial charge in [0.05, 0.1) is 12.1 Å². The number of aliphatic hydroxyl groups is 1. The average Bonchev–Trinajstić information content (AvgIpc) is 2.75. The molecule has 0 spiro atoms. The van der Waals surface area contributed by atoms with Crippen LogP contribution >= 0.6 is 0 Å². The van der Waals surface area contributed by atoms with Gasteiger partial charge in [-0.05, 0) is 23.6 Å². The van der Waals surface area contributed by atoms with Gasteiger partial charge >= 0.3 is 11.7 Å². The SMILES string of the molecule is CC(O)(CN(Cc1ccc(-c2ccccc2)cc1)NC(=O)c1cnc(=O)[nH]c1)C(=O)O. The highest BCUT2D eigenvalue weighted by molar-refractivity contribution is 5.93. The van der Waals surface area contributed by atoms with Crippen LogP contribution in [0.25, 0.3) is 11.1 Å². The van der Waals surface area contributed by atoms with Gasteiger partial charge in [-0.25, -0.2) is 19.6 Å². The summed E-state index contributed by atoms with van der Waals surface area (Å²) in [6.45, 7) is 0.918. The van der Waals surface area contributed by atoms with Crippen LogP contribution in [-0.2, 0) is 11.3 Å². The Labute approximate surface area is 178 Å². The summed E-state index contributed by atoms with van der Waals surface area (Å²) in [5.41, 5.74) is 2.81. The summed E-state index contributed by atoms with van der Waals surface area (Å²) in [4.78, 5) is 40.8.